The second-order valence-corrected chi connectivity index (χ2v) is 7.31. The summed E-state index contributed by atoms with van der Waals surface area (Å²) in [6.45, 7) is 5.06. The number of likely N-dealkylation sites (N-methyl/N-ethyl adjacent to an activating group) is 1. The van der Waals surface area contributed by atoms with Gasteiger partial charge < -0.3 is 15.0 Å². The number of nitrogens with one attached hydrogen (secondary N) is 1. The molecule has 1 N–H and O–H groups in total. The molecule has 0 radical (unpaired) electrons. The number of nitro benzene ring substituents is 1. The highest BCUT2D eigenvalue weighted by molar-refractivity contribution is 5.97. The van der Waals surface area contributed by atoms with E-state index in [1.54, 1.807) is 30.3 Å². The molecule has 10 heteroatoms. The predicted octanol–water partition coefficient (Wildman–Crippen LogP) is 5.04. The molecule has 1 atom stereocenters. The molecule has 1 aliphatic heterocycles. The van der Waals surface area contributed by atoms with Crippen LogP contribution in [-0.4, -0.2) is 41.9 Å². The number of nitrogens with zero attached hydrogens (tertiary/aromatic N) is 2. The van der Waals surface area contributed by atoms with E-state index >= 15 is 0 Å². The third-order valence-corrected chi connectivity index (χ3v) is 5.21. The molecular weight excluding hydrogens is 439 g/mol. The van der Waals surface area contributed by atoms with Crippen LogP contribution in [0.25, 0.3) is 0 Å². The highest BCUT2D eigenvalue weighted by Crippen LogP contribution is 2.40. The largest absolute Gasteiger partial charge is 0.482 e. The maximum absolute atomic E-state index is 13.8. The van der Waals surface area contributed by atoms with E-state index in [1.807, 2.05) is 13.8 Å². The Morgan fingerprint density at radius 1 is 1.24 bits per heavy atom. The lowest BCUT2D eigenvalue weighted by Gasteiger charge is -2.32. The van der Waals surface area contributed by atoms with Gasteiger partial charge in [0.25, 0.3) is 5.91 Å². The van der Waals surface area contributed by atoms with E-state index in [0.717, 1.165) is 13.0 Å². The zero-order chi connectivity index (χ0) is 24.6. The summed E-state index contributed by atoms with van der Waals surface area (Å²) in [6, 6.07) is 9.46. The third kappa shape index (κ3) is 6.67. The Kier molecular flexibility index (Phi) is 9.22. The Balaban J connectivity index is 0.00000187. The van der Waals surface area contributed by atoms with E-state index in [4.69, 9.17) is 4.74 Å². The molecule has 0 aromatic heterocycles. The van der Waals surface area contributed by atoms with Crippen LogP contribution in [0.3, 0.4) is 0 Å². The SMILES string of the molecule is CC.CN(C(=O)c1cc([N+](=O)[O-])c(OCc2ccccc2)cc1C(F)(F)F)[C@@H]1CCCNC1. The molecule has 0 unspecified atom stereocenters. The number of nitro groups is 1. The summed E-state index contributed by atoms with van der Waals surface area (Å²) in [4.78, 5) is 24.8. The van der Waals surface area contributed by atoms with Gasteiger partial charge in [-0.15, -0.1) is 0 Å². The molecule has 0 aliphatic carbocycles. The van der Waals surface area contributed by atoms with Crippen molar-refractivity contribution in [1.29, 1.82) is 0 Å². The minimum Gasteiger partial charge on any atom is -0.482 e. The monoisotopic (exact) mass is 467 g/mol. The van der Waals surface area contributed by atoms with Crippen molar-refractivity contribution in [3.63, 3.8) is 0 Å². The number of piperidine rings is 1. The van der Waals surface area contributed by atoms with Crippen molar-refractivity contribution < 1.29 is 27.6 Å². The van der Waals surface area contributed by atoms with Crippen molar-refractivity contribution in [1.82, 2.24) is 10.2 Å². The minimum atomic E-state index is -4.89. The summed E-state index contributed by atoms with van der Waals surface area (Å²) in [6.07, 6.45) is -3.48. The van der Waals surface area contributed by atoms with Gasteiger partial charge >= 0.3 is 11.9 Å². The fourth-order valence-electron chi connectivity index (χ4n) is 3.49. The topological polar surface area (TPSA) is 84.7 Å². The first kappa shape index (κ1) is 26.1. The average molecular weight is 467 g/mol. The maximum atomic E-state index is 13.8. The van der Waals surface area contributed by atoms with E-state index in [1.165, 1.54) is 11.9 Å². The molecule has 0 saturated carbocycles. The Morgan fingerprint density at radius 3 is 2.45 bits per heavy atom. The lowest BCUT2D eigenvalue weighted by Crippen LogP contribution is -2.47. The Labute approximate surface area is 190 Å². The second-order valence-electron chi connectivity index (χ2n) is 7.31. The zero-order valence-corrected chi connectivity index (χ0v) is 18.8. The highest BCUT2D eigenvalue weighted by Gasteiger charge is 2.39. The highest BCUT2D eigenvalue weighted by atomic mass is 19.4. The van der Waals surface area contributed by atoms with Crippen LogP contribution in [0.1, 0.15) is 48.2 Å². The van der Waals surface area contributed by atoms with Gasteiger partial charge in [0.2, 0.25) is 0 Å². The molecule has 1 saturated heterocycles. The van der Waals surface area contributed by atoms with Gasteiger partial charge in [0.1, 0.15) is 6.61 Å². The molecule has 3 rings (SSSR count). The molecule has 7 nitrogen and oxygen atoms in total. The number of benzene rings is 2. The standard InChI is InChI=1S/C21H22F3N3O4.C2H6/c1-26(15-8-5-9-25-12-15)20(28)16-10-18(27(29)30)19(11-17(16)21(22,23)24)31-13-14-6-3-2-4-7-14;1-2/h2-4,6-7,10-11,15,25H,5,8-9,12-13H2,1H3;1-2H3/t15-;/m1./s1. The van der Waals surface area contributed by atoms with Crippen LogP contribution in [-0.2, 0) is 12.8 Å². The maximum Gasteiger partial charge on any atom is 0.417 e. The number of carbonyl (C=O) groups excluding carboxylic acids is 1. The lowest BCUT2D eigenvalue weighted by atomic mass is 10.0. The number of rotatable bonds is 6. The molecule has 1 aliphatic rings. The number of halogens is 3. The summed E-state index contributed by atoms with van der Waals surface area (Å²) in [5.74, 6) is -1.46. The van der Waals surface area contributed by atoms with Crippen LogP contribution in [0, 0.1) is 10.1 Å². The van der Waals surface area contributed by atoms with Gasteiger partial charge in [-0.2, -0.15) is 13.2 Å². The number of alkyl halides is 3. The molecule has 1 fully saturated rings. The summed E-state index contributed by atoms with van der Waals surface area (Å²) in [7, 11) is 1.41. The minimum absolute atomic E-state index is 0.153. The zero-order valence-electron chi connectivity index (χ0n) is 18.8. The predicted molar refractivity (Wildman–Crippen MR) is 118 cm³/mol. The molecular formula is C23H28F3N3O4. The summed E-state index contributed by atoms with van der Waals surface area (Å²) in [5.41, 5.74) is -2.08. The van der Waals surface area contributed by atoms with E-state index in [9.17, 15) is 28.1 Å². The van der Waals surface area contributed by atoms with Crippen LogP contribution >= 0.6 is 0 Å². The van der Waals surface area contributed by atoms with Crippen LogP contribution in [0.5, 0.6) is 5.75 Å². The van der Waals surface area contributed by atoms with Gasteiger partial charge in [-0.1, -0.05) is 44.2 Å². The lowest BCUT2D eigenvalue weighted by molar-refractivity contribution is -0.386. The molecule has 33 heavy (non-hydrogen) atoms. The van der Waals surface area contributed by atoms with Crippen LogP contribution in [0.2, 0.25) is 0 Å². The van der Waals surface area contributed by atoms with E-state index in [0.29, 0.717) is 30.7 Å². The van der Waals surface area contributed by atoms with Crippen molar-refractivity contribution >= 4 is 11.6 Å². The van der Waals surface area contributed by atoms with Crippen molar-refractivity contribution in [3.8, 4) is 5.75 Å². The van der Waals surface area contributed by atoms with Gasteiger partial charge in [0, 0.05) is 31.8 Å². The number of hydrogen-bond acceptors (Lipinski definition) is 5. The van der Waals surface area contributed by atoms with Crippen LogP contribution in [0.15, 0.2) is 42.5 Å². The fraction of sp³-hybridized carbons (Fsp3) is 0.435. The first-order chi connectivity index (χ1) is 15.7. The first-order valence-corrected chi connectivity index (χ1v) is 10.7. The number of hydrogen-bond donors (Lipinski definition) is 1. The normalized spacial score (nSPS) is 15.8. The molecule has 1 heterocycles. The number of amides is 1. The Bertz CT molecular complexity index is 946. The fourth-order valence-corrected chi connectivity index (χ4v) is 3.49. The molecule has 180 valence electrons. The van der Waals surface area contributed by atoms with Gasteiger partial charge in [0.15, 0.2) is 5.75 Å². The third-order valence-electron chi connectivity index (χ3n) is 5.21. The Morgan fingerprint density at radius 2 is 1.91 bits per heavy atom. The van der Waals surface area contributed by atoms with E-state index < -0.39 is 39.6 Å². The molecule has 1 amide bonds. The first-order valence-electron chi connectivity index (χ1n) is 10.7. The van der Waals surface area contributed by atoms with Gasteiger partial charge in [-0.3, -0.25) is 14.9 Å². The molecule has 2 aromatic carbocycles. The number of ether oxygens (including phenoxy) is 1. The van der Waals surface area contributed by atoms with Gasteiger partial charge in [-0.25, -0.2) is 0 Å². The molecule has 2 aromatic rings. The van der Waals surface area contributed by atoms with Crippen LogP contribution < -0.4 is 10.1 Å². The van der Waals surface area contributed by atoms with E-state index in [-0.39, 0.29) is 12.6 Å². The molecule has 0 spiro atoms. The summed E-state index contributed by atoms with van der Waals surface area (Å²) < 4.78 is 46.7. The summed E-state index contributed by atoms with van der Waals surface area (Å²) in [5, 5.41) is 14.6. The van der Waals surface area contributed by atoms with Crippen molar-refractivity contribution in [2.24, 2.45) is 0 Å². The van der Waals surface area contributed by atoms with Crippen molar-refractivity contribution in [2.45, 2.75) is 45.5 Å². The summed E-state index contributed by atoms with van der Waals surface area (Å²) >= 11 is 0. The van der Waals surface area contributed by atoms with Gasteiger partial charge in [0.05, 0.1) is 16.1 Å². The van der Waals surface area contributed by atoms with Crippen LogP contribution in [0.4, 0.5) is 18.9 Å². The van der Waals surface area contributed by atoms with Crippen molar-refractivity contribution in [2.75, 3.05) is 20.1 Å². The van der Waals surface area contributed by atoms with E-state index in [2.05, 4.69) is 5.32 Å². The second kappa shape index (κ2) is 11.6. The number of carbonyl (C=O) groups is 1. The van der Waals surface area contributed by atoms with Crippen molar-refractivity contribution in [3.05, 3.63) is 69.3 Å². The average Bonchev–Trinajstić information content (AvgIpc) is 2.83. The quantitative estimate of drug-likeness (QED) is 0.475. The molecule has 0 bridgehead atoms. The Hall–Kier alpha value is -3.14. The smallest absolute Gasteiger partial charge is 0.417 e. The van der Waals surface area contributed by atoms with Gasteiger partial charge in [-0.05, 0) is 24.9 Å².